The molecule has 2 bridgehead atoms. The number of benzene rings is 1. The van der Waals surface area contributed by atoms with Gasteiger partial charge in [0.2, 0.25) is 5.88 Å². The third-order valence-electron chi connectivity index (χ3n) is 8.54. The maximum Gasteiger partial charge on any atom is 0.410 e. The fraction of sp³-hybridized carbons (Fsp3) is 0.548. The van der Waals surface area contributed by atoms with Gasteiger partial charge in [-0.3, -0.25) is 0 Å². The molecule has 3 aromatic rings. The summed E-state index contributed by atoms with van der Waals surface area (Å²) in [4.78, 5) is 24.3. The number of nitrogens with one attached hydrogen (secondary N) is 1. The van der Waals surface area contributed by atoms with Crippen molar-refractivity contribution in [2.45, 2.75) is 102 Å². The predicted molar refractivity (Wildman–Crippen MR) is 153 cm³/mol. The van der Waals surface area contributed by atoms with Crippen molar-refractivity contribution in [2.75, 3.05) is 11.9 Å². The number of ether oxygens (including phenoxy) is 3. The Labute approximate surface area is 240 Å². The molecule has 2 aromatic heterocycles. The first-order valence-corrected chi connectivity index (χ1v) is 14.9. The quantitative estimate of drug-likeness (QED) is 0.420. The minimum atomic E-state index is -0.488. The van der Waals surface area contributed by atoms with Crippen LogP contribution in [-0.2, 0) is 16.1 Å². The highest BCUT2D eigenvalue weighted by molar-refractivity contribution is 5.75. The molecule has 3 unspecified atom stereocenters. The zero-order valence-electron chi connectivity index (χ0n) is 24.0. The van der Waals surface area contributed by atoms with Crippen LogP contribution in [0.25, 0.3) is 22.4 Å². The van der Waals surface area contributed by atoms with E-state index in [1.165, 1.54) is 6.42 Å². The second-order valence-electron chi connectivity index (χ2n) is 12.7. The van der Waals surface area contributed by atoms with Gasteiger partial charge in [0.15, 0.2) is 0 Å². The number of fused-ring (bicyclic) bond motifs is 5. The van der Waals surface area contributed by atoms with E-state index < -0.39 is 5.60 Å². The van der Waals surface area contributed by atoms with E-state index in [2.05, 4.69) is 34.8 Å². The van der Waals surface area contributed by atoms with E-state index in [9.17, 15) is 4.79 Å². The maximum absolute atomic E-state index is 12.8. The summed E-state index contributed by atoms with van der Waals surface area (Å²) in [6.07, 6.45) is 12.6. The molecule has 1 amide bonds. The molecular weight excluding hydrogens is 520 g/mol. The van der Waals surface area contributed by atoms with Crippen molar-refractivity contribution in [1.82, 2.24) is 24.6 Å². The Morgan fingerprint density at radius 1 is 1.07 bits per heavy atom. The van der Waals surface area contributed by atoms with Crippen molar-refractivity contribution < 1.29 is 19.0 Å². The minimum Gasteiger partial charge on any atom is -0.471 e. The molecule has 10 nitrogen and oxygen atoms in total. The van der Waals surface area contributed by atoms with Crippen LogP contribution < -0.4 is 10.1 Å². The molecule has 10 heteroatoms. The molecule has 7 rings (SSSR count). The lowest BCUT2D eigenvalue weighted by molar-refractivity contribution is -0.0394. The number of piperidine rings is 1. The van der Waals surface area contributed by atoms with Crippen molar-refractivity contribution >= 4 is 11.9 Å². The van der Waals surface area contributed by atoms with Gasteiger partial charge < -0.3 is 24.4 Å². The second kappa shape index (κ2) is 10.3. The summed E-state index contributed by atoms with van der Waals surface area (Å²) >= 11 is 0. The largest absolute Gasteiger partial charge is 0.471 e. The topological polar surface area (TPSA) is 104 Å². The molecule has 1 aromatic carbocycles. The molecule has 0 saturated carbocycles. The number of carbonyl (C=O) groups is 1. The SMILES string of the molecule is CC(C)(C)OC(=O)N1C2CCC1CC(Nc1cnc3c(n1)OCc1cc(-c4cnn(C5CCCCO5)c4)ccc1-3)C2. The Balaban J connectivity index is 1.03. The highest BCUT2D eigenvalue weighted by Crippen LogP contribution is 2.40. The van der Waals surface area contributed by atoms with Gasteiger partial charge in [0.05, 0.1) is 12.4 Å². The van der Waals surface area contributed by atoms with Crippen molar-refractivity contribution in [3.8, 4) is 28.3 Å². The number of nitrogens with zero attached hydrogens (tertiary/aromatic N) is 5. The van der Waals surface area contributed by atoms with E-state index in [0.29, 0.717) is 18.3 Å². The van der Waals surface area contributed by atoms with E-state index in [1.54, 1.807) is 6.20 Å². The predicted octanol–water partition coefficient (Wildman–Crippen LogP) is 5.94. The van der Waals surface area contributed by atoms with Crippen LogP contribution >= 0.6 is 0 Å². The fourth-order valence-corrected chi connectivity index (χ4v) is 6.69. The molecule has 0 aliphatic carbocycles. The van der Waals surface area contributed by atoms with Crippen LogP contribution in [-0.4, -0.2) is 61.1 Å². The minimum absolute atomic E-state index is 0.0242. The van der Waals surface area contributed by atoms with Crippen LogP contribution in [0.2, 0.25) is 0 Å². The van der Waals surface area contributed by atoms with Crippen LogP contribution in [0.5, 0.6) is 5.88 Å². The van der Waals surface area contributed by atoms with Crippen molar-refractivity contribution in [1.29, 1.82) is 0 Å². The molecule has 0 spiro atoms. The molecule has 6 heterocycles. The highest BCUT2D eigenvalue weighted by atomic mass is 16.6. The monoisotopic (exact) mass is 558 g/mol. The highest BCUT2D eigenvalue weighted by Gasteiger charge is 2.45. The van der Waals surface area contributed by atoms with Crippen LogP contribution in [0.1, 0.15) is 77.5 Å². The van der Waals surface area contributed by atoms with Gasteiger partial charge >= 0.3 is 6.09 Å². The molecule has 216 valence electrons. The van der Waals surface area contributed by atoms with Crippen molar-refractivity contribution in [3.63, 3.8) is 0 Å². The number of carbonyl (C=O) groups excluding carboxylic acids is 1. The van der Waals surface area contributed by atoms with E-state index in [1.807, 2.05) is 36.5 Å². The van der Waals surface area contributed by atoms with Gasteiger partial charge in [0, 0.05) is 42.1 Å². The zero-order chi connectivity index (χ0) is 28.1. The van der Waals surface area contributed by atoms with E-state index in [0.717, 1.165) is 73.1 Å². The summed E-state index contributed by atoms with van der Waals surface area (Å²) in [5, 5.41) is 8.14. The van der Waals surface area contributed by atoms with E-state index in [-0.39, 0.29) is 30.4 Å². The van der Waals surface area contributed by atoms with Crippen molar-refractivity contribution in [2.24, 2.45) is 0 Å². The Morgan fingerprint density at radius 3 is 2.66 bits per heavy atom. The fourth-order valence-electron chi connectivity index (χ4n) is 6.69. The number of amides is 1. The maximum atomic E-state index is 12.8. The third-order valence-corrected chi connectivity index (χ3v) is 8.54. The lowest BCUT2D eigenvalue weighted by Crippen LogP contribution is -2.51. The molecule has 1 N–H and O–H groups in total. The smallest absolute Gasteiger partial charge is 0.410 e. The van der Waals surface area contributed by atoms with Gasteiger partial charge in [-0.25, -0.2) is 14.5 Å². The number of hydrogen-bond donors (Lipinski definition) is 1. The molecule has 0 radical (unpaired) electrons. The normalized spacial score (nSPS) is 25.2. The average molecular weight is 559 g/mol. The summed E-state index contributed by atoms with van der Waals surface area (Å²) in [5.74, 6) is 1.25. The lowest BCUT2D eigenvalue weighted by atomic mass is 9.97. The Kier molecular flexibility index (Phi) is 6.60. The van der Waals surface area contributed by atoms with E-state index in [4.69, 9.17) is 24.2 Å². The molecule has 3 atom stereocenters. The number of hydrogen-bond acceptors (Lipinski definition) is 8. The number of aromatic nitrogens is 4. The molecule has 3 fully saturated rings. The first-order chi connectivity index (χ1) is 19.8. The third kappa shape index (κ3) is 5.25. The molecule has 3 saturated heterocycles. The van der Waals surface area contributed by atoms with Gasteiger partial charge in [-0.2, -0.15) is 10.1 Å². The number of anilines is 1. The Bertz CT molecular complexity index is 1430. The summed E-state index contributed by atoms with van der Waals surface area (Å²) in [5.41, 5.74) is 4.55. The average Bonchev–Trinajstić information content (AvgIpc) is 3.55. The van der Waals surface area contributed by atoms with E-state index >= 15 is 0 Å². The van der Waals surface area contributed by atoms with Crippen LogP contribution in [0, 0.1) is 0 Å². The second-order valence-corrected chi connectivity index (χ2v) is 12.7. The molecule has 4 aliphatic rings. The summed E-state index contributed by atoms with van der Waals surface area (Å²) in [7, 11) is 0. The lowest BCUT2D eigenvalue weighted by Gasteiger charge is -2.39. The van der Waals surface area contributed by atoms with Gasteiger partial charge in [0.1, 0.15) is 29.9 Å². The Hall–Kier alpha value is -3.66. The van der Waals surface area contributed by atoms with Crippen LogP contribution in [0.3, 0.4) is 0 Å². The first kappa shape index (κ1) is 26.3. The molecule has 4 aliphatic heterocycles. The molecule has 41 heavy (non-hydrogen) atoms. The van der Waals surface area contributed by atoms with Gasteiger partial charge in [-0.05, 0) is 82.9 Å². The van der Waals surface area contributed by atoms with Crippen molar-refractivity contribution in [3.05, 3.63) is 42.4 Å². The van der Waals surface area contributed by atoms with Gasteiger partial charge in [-0.15, -0.1) is 0 Å². The standard InChI is InChI=1S/C31H38N6O4/c1-31(2,3)41-30(38)37-23-8-9-24(37)14-22(13-23)34-26-16-32-28-25-10-7-19(12-20(25)18-40-29(28)35-26)21-15-33-36(17-21)27-6-4-5-11-39-27/h7,10,12,15-17,22-24,27H,4-6,8-9,11,13-14,18H2,1-3H3,(H,34,35). The first-order valence-electron chi connectivity index (χ1n) is 14.9. The van der Waals surface area contributed by atoms with Crippen LogP contribution in [0.4, 0.5) is 10.6 Å². The number of rotatable bonds is 4. The summed E-state index contributed by atoms with van der Waals surface area (Å²) in [6, 6.07) is 6.96. The summed E-state index contributed by atoms with van der Waals surface area (Å²) in [6.45, 7) is 6.98. The summed E-state index contributed by atoms with van der Waals surface area (Å²) < 4.78 is 19.6. The van der Waals surface area contributed by atoms with Gasteiger partial charge in [0.25, 0.3) is 0 Å². The Morgan fingerprint density at radius 2 is 1.90 bits per heavy atom. The zero-order valence-corrected chi connectivity index (χ0v) is 24.0. The van der Waals surface area contributed by atoms with Crippen LogP contribution in [0.15, 0.2) is 36.8 Å². The molecular formula is C31H38N6O4. The van der Waals surface area contributed by atoms with Gasteiger partial charge in [-0.1, -0.05) is 12.1 Å².